The number of guanidine groups is 1. The Balaban J connectivity index is 6.32. The van der Waals surface area contributed by atoms with Crippen LogP contribution in [-0.2, 0) is 57.5 Å². The first kappa shape index (κ1) is 61.8. The molecule has 0 fully saturated rings. The number of carbonyl (C=O) groups is 12. The number of nitrogens with one attached hydrogen (secondary N) is 8. The number of nitrogens with zero attached hydrogens (tertiary/aromatic N) is 1. The van der Waals surface area contributed by atoms with Crippen molar-refractivity contribution in [3.63, 3.8) is 0 Å². The molecule has 0 aliphatic heterocycles. The van der Waals surface area contributed by atoms with Crippen molar-refractivity contribution in [3.8, 4) is 0 Å². The van der Waals surface area contributed by atoms with Gasteiger partial charge in [0.2, 0.25) is 59.1 Å². The van der Waals surface area contributed by atoms with Crippen molar-refractivity contribution in [1.29, 1.82) is 0 Å². The fourth-order valence-corrected chi connectivity index (χ4v) is 5.73. The van der Waals surface area contributed by atoms with Crippen LogP contribution in [0.1, 0.15) is 72.6 Å². The summed E-state index contributed by atoms with van der Waals surface area (Å²) in [6.45, 7) is 3.23. The molecule has 31 heteroatoms. The Hall–Kier alpha value is -7.25. The number of carbonyl (C=O) groups excluding carboxylic acids is 10. The highest BCUT2D eigenvalue weighted by Crippen LogP contribution is 2.08. The van der Waals surface area contributed by atoms with Gasteiger partial charge in [0.1, 0.15) is 54.4 Å². The standard InChI is InChI=1S/C38H66N14O17/c1-15(2)27(35(66)45-16(3)29(60)48-21(37(68)69)6-5-11-44-38(42)43)51-33(64)22(12-26(58)59)49-31(62)19(7-9-24(40)56)46-34(65)23(14-54)50-32(63)20(8-10-25(41)57)47-36(67)28(17(4)55)52-30(61)18(39)13-53/h15-23,27-28,53-55H,5-14,39H2,1-4H3,(H2,40,56)(H2,41,57)(H,45,66)(H,46,65)(H,47,67)(H,48,60)(H,49,62)(H,50,63)(H,51,64)(H,52,61)(H,58,59)(H,68,69)(H4,42,43,44). The van der Waals surface area contributed by atoms with Crippen LogP contribution < -0.4 is 71.2 Å². The summed E-state index contributed by atoms with van der Waals surface area (Å²) in [5, 5.41) is 66.0. The number of amides is 10. The summed E-state index contributed by atoms with van der Waals surface area (Å²) in [6, 6.07) is -15.1. The van der Waals surface area contributed by atoms with Crippen LogP contribution in [0.2, 0.25) is 0 Å². The highest BCUT2D eigenvalue weighted by Gasteiger charge is 2.36. The summed E-state index contributed by atoms with van der Waals surface area (Å²) in [4.78, 5) is 156. The third-order valence-electron chi connectivity index (χ3n) is 9.61. The minimum absolute atomic E-state index is 0.0654. The predicted octanol–water partition coefficient (Wildman–Crippen LogP) is -9.62. The Bertz CT molecular complexity index is 1880. The molecule has 0 bridgehead atoms. The molecule has 0 spiro atoms. The molecule has 0 rings (SSSR count). The maximum atomic E-state index is 13.6. The van der Waals surface area contributed by atoms with E-state index in [1.54, 1.807) is 0 Å². The van der Waals surface area contributed by atoms with Crippen molar-refractivity contribution in [1.82, 2.24) is 42.5 Å². The van der Waals surface area contributed by atoms with Gasteiger partial charge in [-0.2, -0.15) is 0 Å². The van der Waals surface area contributed by atoms with Gasteiger partial charge >= 0.3 is 11.9 Å². The molecule has 31 nitrogen and oxygen atoms in total. The average Bonchev–Trinajstić information content (AvgIpc) is 3.25. The number of hydrogen-bond acceptors (Lipinski definition) is 17. The topological polar surface area (TPSA) is 545 Å². The minimum atomic E-state index is -1.99. The highest BCUT2D eigenvalue weighted by atomic mass is 16.4. The molecule has 10 amide bonds. The first-order valence-corrected chi connectivity index (χ1v) is 21.2. The van der Waals surface area contributed by atoms with Crippen molar-refractivity contribution in [3.05, 3.63) is 0 Å². The van der Waals surface area contributed by atoms with Crippen molar-refractivity contribution in [2.24, 2.45) is 39.6 Å². The molecule has 0 saturated heterocycles. The van der Waals surface area contributed by atoms with E-state index in [-0.39, 0.29) is 25.3 Å². The van der Waals surface area contributed by atoms with E-state index in [9.17, 15) is 78.0 Å². The molecule has 10 unspecified atom stereocenters. The Morgan fingerprint density at radius 3 is 1.38 bits per heavy atom. The number of primary amides is 2. The van der Waals surface area contributed by atoms with E-state index in [0.29, 0.717) is 0 Å². The normalized spacial score (nSPS) is 15.3. The summed E-state index contributed by atoms with van der Waals surface area (Å²) in [6.07, 6.45) is -4.97. The SMILES string of the molecule is CC(NC(=O)C(NC(=O)C(CC(=O)O)NC(=O)C(CCC(N)=O)NC(=O)C(CO)NC(=O)C(CCC(N)=O)NC(=O)C(NC(=O)C(N)CO)C(C)O)C(C)C)C(=O)NC(CCCN=C(N)N)C(=O)O. The van der Waals surface area contributed by atoms with Crippen LogP contribution in [0.15, 0.2) is 4.99 Å². The van der Waals surface area contributed by atoms with Gasteiger partial charge in [-0.05, 0) is 45.4 Å². The molecule has 23 N–H and O–H groups in total. The third-order valence-corrected chi connectivity index (χ3v) is 9.61. The van der Waals surface area contributed by atoms with Crippen LogP contribution in [0, 0.1) is 5.92 Å². The number of aliphatic carboxylic acids is 2. The van der Waals surface area contributed by atoms with Crippen molar-refractivity contribution < 1.29 is 83.1 Å². The van der Waals surface area contributed by atoms with E-state index < -0.39 is 183 Å². The van der Waals surface area contributed by atoms with Crippen LogP contribution in [0.3, 0.4) is 0 Å². The van der Waals surface area contributed by atoms with E-state index in [1.165, 1.54) is 20.8 Å². The Morgan fingerprint density at radius 2 is 0.942 bits per heavy atom. The van der Waals surface area contributed by atoms with Gasteiger partial charge in [0.05, 0.1) is 25.7 Å². The lowest BCUT2D eigenvalue weighted by molar-refractivity contribution is -0.142. The summed E-state index contributed by atoms with van der Waals surface area (Å²) < 4.78 is 0. The molecule has 0 aromatic carbocycles. The Labute approximate surface area is 394 Å². The maximum absolute atomic E-state index is 13.6. The number of nitrogens with two attached hydrogens (primary N) is 5. The molecule has 10 atom stereocenters. The third kappa shape index (κ3) is 23.9. The number of carboxylic acid groups (broad SMARTS) is 2. The molecular formula is C38H66N14O17. The van der Waals surface area contributed by atoms with Crippen molar-refractivity contribution >= 4 is 77.0 Å². The van der Waals surface area contributed by atoms with E-state index in [1.807, 2.05) is 0 Å². The fraction of sp³-hybridized carbons (Fsp3) is 0.658. The lowest BCUT2D eigenvalue weighted by atomic mass is 10.0. The van der Waals surface area contributed by atoms with Gasteiger partial charge in [-0.25, -0.2) is 4.79 Å². The van der Waals surface area contributed by atoms with Gasteiger partial charge in [0.15, 0.2) is 5.96 Å². The van der Waals surface area contributed by atoms with Gasteiger partial charge in [-0.15, -0.1) is 0 Å². The van der Waals surface area contributed by atoms with Gasteiger partial charge < -0.3 is 96.7 Å². The lowest BCUT2D eigenvalue weighted by Crippen LogP contribution is -2.62. The molecule has 390 valence electrons. The largest absolute Gasteiger partial charge is 0.481 e. The zero-order valence-corrected chi connectivity index (χ0v) is 38.4. The number of rotatable bonds is 33. The average molecular weight is 991 g/mol. The predicted molar refractivity (Wildman–Crippen MR) is 236 cm³/mol. The summed E-state index contributed by atoms with van der Waals surface area (Å²) in [7, 11) is 0. The zero-order valence-electron chi connectivity index (χ0n) is 38.4. The van der Waals surface area contributed by atoms with E-state index >= 15 is 0 Å². The van der Waals surface area contributed by atoms with Gasteiger partial charge in [0, 0.05) is 19.4 Å². The molecule has 0 aliphatic rings. The smallest absolute Gasteiger partial charge is 0.326 e. The maximum Gasteiger partial charge on any atom is 0.326 e. The van der Waals surface area contributed by atoms with Crippen molar-refractivity contribution in [2.75, 3.05) is 19.8 Å². The fourth-order valence-electron chi connectivity index (χ4n) is 5.73. The number of aliphatic imine (C=N–C) groups is 1. The van der Waals surface area contributed by atoms with Crippen LogP contribution in [-0.4, -0.2) is 183 Å². The lowest BCUT2D eigenvalue weighted by Gasteiger charge is -2.28. The minimum Gasteiger partial charge on any atom is -0.481 e. The second-order valence-corrected chi connectivity index (χ2v) is 15.9. The van der Waals surface area contributed by atoms with Gasteiger partial charge in [0.25, 0.3) is 0 Å². The summed E-state index contributed by atoms with van der Waals surface area (Å²) in [5.41, 5.74) is 26.4. The number of hydrogen-bond donors (Lipinski definition) is 18. The molecule has 0 aromatic rings. The monoisotopic (exact) mass is 990 g/mol. The molecular weight excluding hydrogens is 924 g/mol. The molecule has 69 heavy (non-hydrogen) atoms. The second kappa shape index (κ2) is 30.9. The first-order chi connectivity index (χ1) is 32.1. The molecule has 0 radical (unpaired) electrons. The van der Waals surface area contributed by atoms with Crippen LogP contribution in [0.5, 0.6) is 0 Å². The molecule has 0 heterocycles. The Morgan fingerprint density at radius 1 is 0.507 bits per heavy atom. The van der Waals surface area contributed by atoms with Gasteiger partial charge in [-0.1, -0.05) is 13.8 Å². The highest BCUT2D eigenvalue weighted by molar-refractivity contribution is 5.99. The summed E-state index contributed by atoms with van der Waals surface area (Å²) in [5.74, 6) is -15.3. The summed E-state index contributed by atoms with van der Waals surface area (Å²) >= 11 is 0. The van der Waals surface area contributed by atoms with Crippen molar-refractivity contribution in [2.45, 2.75) is 133 Å². The first-order valence-electron chi connectivity index (χ1n) is 21.2. The van der Waals surface area contributed by atoms with Crippen LogP contribution in [0.4, 0.5) is 0 Å². The Kier molecular flexibility index (Phi) is 27.7. The van der Waals surface area contributed by atoms with Crippen LogP contribution in [0.25, 0.3) is 0 Å². The van der Waals surface area contributed by atoms with E-state index in [4.69, 9.17) is 33.8 Å². The van der Waals surface area contributed by atoms with Crippen LogP contribution >= 0.6 is 0 Å². The number of aliphatic hydroxyl groups excluding tert-OH is 3. The second-order valence-electron chi connectivity index (χ2n) is 15.9. The van der Waals surface area contributed by atoms with Gasteiger partial charge in [-0.3, -0.25) is 57.7 Å². The molecule has 0 aliphatic carbocycles. The number of carboxylic acids is 2. The molecule has 0 saturated carbocycles. The molecule has 0 aromatic heterocycles. The number of aliphatic hydroxyl groups is 3. The van der Waals surface area contributed by atoms with E-state index in [2.05, 4.69) is 47.5 Å². The van der Waals surface area contributed by atoms with E-state index in [0.717, 1.165) is 6.92 Å². The zero-order chi connectivity index (χ0) is 53.3. The quantitative estimate of drug-likeness (QED) is 0.0165.